The summed E-state index contributed by atoms with van der Waals surface area (Å²) in [6, 6.07) is 0. The van der Waals surface area contributed by atoms with Crippen LogP contribution in [0, 0.1) is 0 Å². The van der Waals surface area contributed by atoms with Crippen molar-refractivity contribution >= 4 is 35.8 Å². The van der Waals surface area contributed by atoms with Crippen LogP contribution in [0.25, 0.3) is 0 Å². The van der Waals surface area contributed by atoms with Crippen LogP contribution in [0.1, 0.15) is 40.5 Å². The second kappa shape index (κ2) is 19.5. The minimum Gasteiger partial charge on any atom is -0.447 e. The lowest BCUT2D eigenvalue weighted by molar-refractivity contribution is -0.137. The third kappa shape index (κ3) is 15.1. The lowest BCUT2D eigenvalue weighted by atomic mass is 10.3. The molecule has 1 aliphatic heterocycles. The summed E-state index contributed by atoms with van der Waals surface area (Å²) in [4.78, 5) is 70.6. The summed E-state index contributed by atoms with van der Waals surface area (Å²) < 4.78 is 15.6. The van der Waals surface area contributed by atoms with Gasteiger partial charge >= 0.3 is 12.2 Å². The highest BCUT2D eigenvalue weighted by atomic mass is 16.6. The number of alkyl carbamates (subject to hydrolysis) is 2. The molecule has 0 spiro atoms. The van der Waals surface area contributed by atoms with Gasteiger partial charge in [-0.1, -0.05) is 7.43 Å². The van der Waals surface area contributed by atoms with Gasteiger partial charge < -0.3 is 35.5 Å². The molecule has 1 rings (SSSR count). The van der Waals surface area contributed by atoms with E-state index in [1.165, 1.54) is 0 Å². The number of amides is 6. The Bertz CT molecular complexity index is 763. The number of rotatable bonds is 17. The number of carbonyl (C=O) groups excluding carboxylic acids is 6. The highest BCUT2D eigenvalue weighted by Gasteiger charge is 2.23. The highest BCUT2D eigenvalue weighted by molar-refractivity contribution is 6.13. The molecule has 4 N–H and O–H groups in total. The molecule has 0 aromatic carbocycles. The average Bonchev–Trinajstić information content (AvgIpc) is 3.16. The molecule has 14 heteroatoms. The van der Waals surface area contributed by atoms with E-state index in [1.54, 1.807) is 13.8 Å². The van der Waals surface area contributed by atoms with E-state index in [1.807, 2.05) is 0 Å². The molecule has 6 amide bonds. The van der Waals surface area contributed by atoms with Crippen LogP contribution >= 0.6 is 0 Å². The molecule has 0 aromatic heterocycles. The Morgan fingerprint density at radius 1 is 0.811 bits per heavy atom. The predicted octanol–water partition coefficient (Wildman–Crippen LogP) is -0.172. The molecular formula is C23H39N5O9. The fourth-order valence-electron chi connectivity index (χ4n) is 2.80. The van der Waals surface area contributed by atoms with Crippen molar-refractivity contribution in [1.29, 1.82) is 0 Å². The van der Waals surface area contributed by atoms with Gasteiger partial charge in [0.1, 0.15) is 19.3 Å². The molecule has 1 heterocycles. The summed E-state index contributed by atoms with van der Waals surface area (Å²) in [5.74, 6) is -1.49. The molecule has 1 aliphatic rings. The first-order valence-electron chi connectivity index (χ1n) is 11.8. The number of imide groups is 1. The first kappa shape index (κ1) is 33.3. The van der Waals surface area contributed by atoms with Crippen molar-refractivity contribution in [2.75, 3.05) is 52.5 Å². The number of nitrogens with zero attached hydrogens (tertiary/aromatic N) is 1. The molecule has 0 saturated carbocycles. The Kier molecular flexibility index (Phi) is 17.6. The summed E-state index contributed by atoms with van der Waals surface area (Å²) >= 11 is 0. The van der Waals surface area contributed by atoms with Crippen LogP contribution in [0.15, 0.2) is 12.2 Å². The predicted molar refractivity (Wildman–Crippen MR) is 132 cm³/mol. The largest absolute Gasteiger partial charge is 0.447 e. The van der Waals surface area contributed by atoms with Crippen LogP contribution in [0.4, 0.5) is 9.59 Å². The molecule has 0 fully saturated rings. The molecule has 0 aromatic rings. The fourth-order valence-corrected chi connectivity index (χ4v) is 2.80. The van der Waals surface area contributed by atoms with Crippen LogP contribution < -0.4 is 21.3 Å². The maximum Gasteiger partial charge on any atom is 0.407 e. The fraction of sp³-hybridized carbons (Fsp3) is 0.652. The molecule has 37 heavy (non-hydrogen) atoms. The first-order valence-corrected chi connectivity index (χ1v) is 11.8. The minimum absolute atomic E-state index is 0. The Labute approximate surface area is 216 Å². The van der Waals surface area contributed by atoms with E-state index in [0.717, 1.165) is 17.1 Å². The molecular weight excluding hydrogens is 490 g/mol. The number of carbonyl (C=O) groups is 6. The van der Waals surface area contributed by atoms with Gasteiger partial charge in [0.2, 0.25) is 11.8 Å². The van der Waals surface area contributed by atoms with E-state index < -0.39 is 30.1 Å². The molecule has 0 radical (unpaired) electrons. The van der Waals surface area contributed by atoms with Crippen molar-refractivity contribution < 1.29 is 43.0 Å². The summed E-state index contributed by atoms with van der Waals surface area (Å²) in [6.07, 6.45) is 0.858. The van der Waals surface area contributed by atoms with Crippen LogP contribution in [0.2, 0.25) is 0 Å². The zero-order valence-electron chi connectivity index (χ0n) is 20.6. The number of hydrogen-bond donors (Lipinski definition) is 4. The van der Waals surface area contributed by atoms with Crippen LogP contribution in [-0.2, 0) is 33.4 Å². The van der Waals surface area contributed by atoms with E-state index in [-0.39, 0.29) is 71.5 Å². The van der Waals surface area contributed by atoms with Crippen LogP contribution in [0.5, 0.6) is 0 Å². The molecule has 0 atom stereocenters. The van der Waals surface area contributed by atoms with Gasteiger partial charge in [0, 0.05) is 64.3 Å². The van der Waals surface area contributed by atoms with Gasteiger partial charge in [-0.15, -0.1) is 0 Å². The Morgan fingerprint density at radius 2 is 1.30 bits per heavy atom. The number of ether oxygens (including phenoxy) is 3. The first-order chi connectivity index (χ1) is 17.3. The number of nitrogens with one attached hydrogen (secondary N) is 4. The van der Waals surface area contributed by atoms with Gasteiger partial charge in [0.15, 0.2) is 0 Å². The Hall–Kier alpha value is -3.68. The van der Waals surface area contributed by atoms with Crippen LogP contribution in [0.3, 0.4) is 0 Å². The Morgan fingerprint density at radius 3 is 1.78 bits per heavy atom. The quantitative estimate of drug-likeness (QED) is 0.147. The summed E-state index contributed by atoms with van der Waals surface area (Å²) in [5, 5.41) is 10.2. The summed E-state index contributed by atoms with van der Waals surface area (Å²) in [5.41, 5.74) is 0. The van der Waals surface area contributed by atoms with Gasteiger partial charge in [0.25, 0.3) is 11.8 Å². The van der Waals surface area contributed by atoms with Crippen molar-refractivity contribution in [3.05, 3.63) is 12.2 Å². The third-order valence-corrected chi connectivity index (χ3v) is 4.58. The standard InChI is InChI=1S/C22H35N5O9.CH4/c1-3-23-21(32)35-14-16(15-36-22(33)24-4-2)34-13-5-6-17(28)25-10-11-26-18(29)9-12-27-19(30)7-8-20(27)31;/h7-8,16H,3-6,9-15H2,1-2H3,(H,23,32)(H,24,33)(H,25,28)(H,26,29);1H4. The maximum atomic E-state index is 12.0. The minimum atomic E-state index is -0.699. The molecule has 0 saturated heterocycles. The van der Waals surface area contributed by atoms with Crippen molar-refractivity contribution in [2.45, 2.75) is 46.6 Å². The second-order valence-electron chi connectivity index (χ2n) is 7.47. The van der Waals surface area contributed by atoms with Gasteiger partial charge in [-0.25, -0.2) is 9.59 Å². The molecule has 0 unspecified atom stereocenters. The lowest BCUT2D eigenvalue weighted by Gasteiger charge is -2.18. The second-order valence-corrected chi connectivity index (χ2v) is 7.47. The normalized spacial score (nSPS) is 12.1. The lowest BCUT2D eigenvalue weighted by Crippen LogP contribution is -2.37. The van der Waals surface area contributed by atoms with Crippen molar-refractivity contribution in [1.82, 2.24) is 26.2 Å². The van der Waals surface area contributed by atoms with Crippen LogP contribution in [-0.4, -0.2) is 99.4 Å². The van der Waals surface area contributed by atoms with Gasteiger partial charge in [-0.05, 0) is 20.3 Å². The van der Waals surface area contributed by atoms with Gasteiger partial charge in [0.05, 0.1) is 0 Å². The molecule has 14 nitrogen and oxygen atoms in total. The van der Waals surface area contributed by atoms with E-state index in [4.69, 9.17) is 14.2 Å². The van der Waals surface area contributed by atoms with E-state index in [0.29, 0.717) is 19.5 Å². The molecule has 210 valence electrons. The summed E-state index contributed by atoms with van der Waals surface area (Å²) in [6.45, 7) is 4.57. The van der Waals surface area contributed by atoms with Gasteiger partial charge in [-0.2, -0.15) is 0 Å². The number of hydrogen-bond acceptors (Lipinski definition) is 9. The third-order valence-electron chi connectivity index (χ3n) is 4.58. The van der Waals surface area contributed by atoms with E-state index >= 15 is 0 Å². The average molecular weight is 530 g/mol. The Balaban J connectivity index is 0.0000130. The molecule has 0 bridgehead atoms. The van der Waals surface area contributed by atoms with Crippen molar-refractivity contribution in [3.63, 3.8) is 0 Å². The van der Waals surface area contributed by atoms with Crippen molar-refractivity contribution in [3.8, 4) is 0 Å². The smallest absolute Gasteiger partial charge is 0.407 e. The van der Waals surface area contributed by atoms with E-state index in [9.17, 15) is 28.8 Å². The maximum absolute atomic E-state index is 12.0. The monoisotopic (exact) mass is 529 g/mol. The van der Waals surface area contributed by atoms with Gasteiger partial charge in [-0.3, -0.25) is 24.1 Å². The SMILES string of the molecule is C.CCNC(=O)OCC(COC(=O)NCC)OCCCC(=O)NCCNC(=O)CCN1C(=O)C=CC1=O. The zero-order valence-corrected chi connectivity index (χ0v) is 20.6. The zero-order chi connectivity index (χ0) is 26.8. The highest BCUT2D eigenvalue weighted by Crippen LogP contribution is 2.04. The summed E-state index contributed by atoms with van der Waals surface area (Å²) in [7, 11) is 0. The van der Waals surface area contributed by atoms with Crippen molar-refractivity contribution in [2.24, 2.45) is 0 Å². The molecule has 0 aliphatic carbocycles. The van der Waals surface area contributed by atoms with E-state index in [2.05, 4.69) is 21.3 Å². The topological polar surface area (TPSA) is 181 Å².